The van der Waals surface area contributed by atoms with Crippen molar-refractivity contribution in [3.05, 3.63) is 59.7 Å². The van der Waals surface area contributed by atoms with Gasteiger partial charge in [0.25, 0.3) is 0 Å². The fourth-order valence-corrected chi connectivity index (χ4v) is 4.74. The second kappa shape index (κ2) is 13.2. The van der Waals surface area contributed by atoms with Gasteiger partial charge in [-0.15, -0.1) is 0 Å². The molecule has 0 aromatic heterocycles. The maximum atomic E-state index is 13.7. The SMILES string of the molecule is CCNC(=O)[C@H](CC)N(Cc1ccc(OC)cc1)C(=O)CCCN(c1ccc(F)c(F)c1)S(C)(=O)=O. The Balaban J connectivity index is 2.21. The number of carbonyl (C=O) groups is 2. The number of ether oxygens (including phenoxy) is 1. The molecule has 0 heterocycles. The Hall–Kier alpha value is -3.21. The van der Waals surface area contributed by atoms with E-state index in [1.165, 1.54) is 11.0 Å². The fraction of sp³-hybridized carbons (Fsp3) is 0.440. The highest BCUT2D eigenvalue weighted by Crippen LogP contribution is 2.22. The van der Waals surface area contributed by atoms with Gasteiger partial charge in [-0.1, -0.05) is 19.1 Å². The molecule has 2 aromatic carbocycles. The Morgan fingerprint density at radius 1 is 1.06 bits per heavy atom. The highest BCUT2D eigenvalue weighted by molar-refractivity contribution is 7.92. The maximum absolute atomic E-state index is 13.7. The predicted octanol–water partition coefficient (Wildman–Crippen LogP) is 3.46. The first-order valence-electron chi connectivity index (χ1n) is 11.6. The summed E-state index contributed by atoms with van der Waals surface area (Å²) in [6.07, 6.45) is 1.39. The van der Waals surface area contributed by atoms with Crippen molar-refractivity contribution in [1.82, 2.24) is 10.2 Å². The first kappa shape index (κ1) is 29.0. The maximum Gasteiger partial charge on any atom is 0.242 e. The summed E-state index contributed by atoms with van der Waals surface area (Å²) in [5.41, 5.74) is 0.763. The standard InChI is InChI=1S/C25H33F2N3O5S/c1-5-23(25(32)28-6-2)29(17-18-9-12-20(35-3)13-10-18)24(31)8-7-15-30(36(4,33)34)19-11-14-21(26)22(27)16-19/h9-14,16,23H,5-8,15,17H2,1-4H3,(H,28,32)/t23-/m0/s1. The Kier molecular flexibility index (Phi) is 10.6. The number of carbonyl (C=O) groups excluding carboxylic acids is 2. The largest absolute Gasteiger partial charge is 0.497 e. The van der Waals surface area contributed by atoms with Crippen LogP contribution in [0.4, 0.5) is 14.5 Å². The molecule has 0 fully saturated rings. The Morgan fingerprint density at radius 3 is 2.25 bits per heavy atom. The van der Waals surface area contributed by atoms with Crippen LogP contribution in [0.1, 0.15) is 38.7 Å². The minimum atomic E-state index is -3.82. The molecule has 0 unspecified atom stereocenters. The molecule has 0 radical (unpaired) electrons. The zero-order valence-corrected chi connectivity index (χ0v) is 21.8. The second-order valence-electron chi connectivity index (χ2n) is 8.23. The van der Waals surface area contributed by atoms with Gasteiger partial charge in [-0.3, -0.25) is 13.9 Å². The van der Waals surface area contributed by atoms with Gasteiger partial charge in [-0.05, 0) is 49.6 Å². The van der Waals surface area contributed by atoms with E-state index < -0.39 is 27.7 Å². The number of halogens is 2. The van der Waals surface area contributed by atoms with Gasteiger partial charge in [0.2, 0.25) is 21.8 Å². The third kappa shape index (κ3) is 7.91. The molecule has 11 heteroatoms. The predicted molar refractivity (Wildman–Crippen MR) is 134 cm³/mol. The van der Waals surface area contributed by atoms with Crippen LogP contribution in [0.25, 0.3) is 0 Å². The zero-order valence-electron chi connectivity index (χ0n) is 21.0. The van der Waals surface area contributed by atoms with Crippen LogP contribution in [0, 0.1) is 11.6 Å². The van der Waals surface area contributed by atoms with E-state index in [0.717, 1.165) is 28.3 Å². The van der Waals surface area contributed by atoms with Crippen LogP contribution in [0.15, 0.2) is 42.5 Å². The summed E-state index contributed by atoms with van der Waals surface area (Å²) < 4.78 is 57.7. The topological polar surface area (TPSA) is 96.0 Å². The van der Waals surface area contributed by atoms with E-state index in [1.807, 2.05) is 6.92 Å². The molecule has 8 nitrogen and oxygen atoms in total. The van der Waals surface area contributed by atoms with Crippen molar-refractivity contribution >= 4 is 27.5 Å². The molecule has 0 aliphatic rings. The second-order valence-corrected chi connectivity index (χ2v) is 10.1. The summed E-state index contributed by atoms with van der Waals surface area (Å²) in [5.74, 6) is -2.21. The average molecular weight is 526 g/mol. The van der Waals surface area contributed by atoms with Crippen LogP contribution in [-0.2, 0) is 26.2 Å². The third-order valence-corrected chi connectivity index (χ3v) is 6.79. The van der Waals surface area contributed by atoms with Gasteiger partial charge in [-0.2, -0.15) is 0 Å². The Morgan fingerprint density at radius 2 is 1.72 bits per heavy atom. The summed E-state index contributed by atoms with van der Waals surface area (Å²) >= 11 is 0. The average Bonchev–Trinajstić information content (AvgIpc) is 2.83. The molecule has 2 amide bonds. The zero-order chi connectivity index (χ0) is 26.9. The minimum Gasteiger partial charge on any atom is -0.497 e. The van der Waals surface area contributed by atoms with Crippen LogP contribution in [-0.4, -0.2) is 57.6 Å². The van der Waals surface area contributed by atoms with E-state index in [1.54, 1.807) is 38.3 Å². The van der Waals surface area contributed by atoms with Crippen molar-refractivity contribution in [3.63, 3.8) is 0 Å². The lowest BCUT2D eigenvalue weighted by Gasteiger charge is -2.31. The number of benzene rings is 2. The molecule has 2 aromatic rings. The van der Waals surface area contributed by atoms with Gasteiger partial charge in [0.1, 0.15) is 11.8 Å². The number of methoxy groups -OCH3 is 1. The molecule has 0 aliphatic heterocycles. The van der Waals surface area contributed by atoms with E-state index >= 15 is 0 Å². The minimum absolute atomic E-state index is 0.0345. The number of hydrogen-bond acceptors (Lipinski definition) is 5. The smallest absolute Gasteiger partial charge is 0.242 e. The van der Waals surface area contributed by atoms with Crippen molar-refractivity contribution in [3.8, 4) is 5.75 Å². The van der Waals surface area contributed by atoms with E-state index in [2.05, 4.69) is 5.32 Å². The summed E-state index contributed by atoms with van der Waals surface area (Å²) in [4.78, 5) is 27.5. The van der Waals surface area contributed by atoms with Gasteiger partial charge in [0.05, 0.1) is 19.1 Å². The highest BCUT2D eigenvalue weighted by Gasteiger charge is 2.28. The molecule has 0 aliphatic carbocycles. The van der Waals surface area contributed by atoms with Crippen LogP contribution in [0.2, 0.25) is 0 Å². The van der Waals surface area contributed by atoms with Crippen LogP contribution < -0.4 is 14.4 Å². The van der Waals surface area contributed by atoms with Gasteiger partial charge in [0.15, 0.2) is 11.6 Å². The van der Waals surface area contributed by atoms with Crippen LogP contribution in [0.5, 0.6) is 5.75 Å². The molecule has 0 saturated heterocycles. The molecule has 1 N–H and O–H groups in total. The number of nitrogens with zero attached hydrogens (tertiary/aromatic N) is 2. The molecule has 0 spiro atoms. The number of anilines is 1. The Bertz CT molecular complexity index is 1140. The van der Waals surface area contributed by atoms with Gasteiger partial charge < -0.3 is 15.0 Å². The summed E-state index contributed by atoms with van der Waals surface area (Å²) in [6, 6.07) is 9.24. The molecule has 198 valence electrons. The third-order valence-electron chi connectivity index (χ3n) is 5.59. The van der Waals surface area contributed by atoms with Crippen LogP contribution in [0.3, 0.4) is 0 Å². The molecule has 36 heavy (non-hydrogen) atoms. The highest BCUT2D eigenvalue weighted by atomic mass is 32.2. The number of hydrogen-bond donors (Lipinski definition) is 1. The van der Waals surface area contributed by atoms with E-state index in [9.17, 15) is 26.8 Å². The van der Waals surface area contributed by atoms with Gasteiger partial charge >= 0.3 is 0 Å². The van der Waals surface area contributed by atoms with E-state index in [4.69, 9.17) is 4.74 Å². The van der Waals surface area contributed by atoms with Crippen LogP contribution >= 0.6 is 0 Å². The summed E-state index contributed by atoms with van der Waals surface area (Å²) in [5, 5.41) is 2.75. The molecule has 0 saturated carbocycles. The number of rotatable bonds is 13. The van der Waals surface area contributed by atoms with E-state index in [0.29, 0.717) is 18.7 Å². The van der Waals surface area contributed by atoms with Crippen molar-refractivity contribution in [2.75, 3.05) is 30.8 Å². The Labute approximate surface area is 211 Å². The molecule has 0 bridgehead atoms. The molecular formula is C25H33F2N3O5S. The number of likely N-dealkylation sites (N-methyl/N-ethyl adjacent to an activating group) is 1. The quantitative estimate of drug-likeness (QED) is 0.432. The number of sulfonamides is 1. The van der Waals surface area contributed by atoms with Crippen molar-refractivity contribution < 1.29 is 31.5 Å². The van der Waals surface area contributed by atoms with E-state index in [-0.39, 0.29) is 43.4 Å². The summed E-state index contributed by atoms with van der Waals surface area (Å²) in [6.45, 7) is 4.07. The number of nitrogens with one attached hydrogen (secondary N) is 1. The summed E-state index contributed by atoms with van der Waals surface area (Å²) in [7, 11) is -2.27. The van der Waals surface area contributed by atoms with Gasteiger partial charge in [-0.25, -0.2) is 17.2 Å². The van der Waals surface area contributed by atoms with Crippen molar-refractivity contribution in [1.29, 1.82) is 0 Å². The lowest BCUT2D eigenvalue weighted by Crippen LogP contribution is -2.49. The lowest BCUT2D eigenvalue weighted by molar-refractivity contribution is -0.141. The normalized spacial score (nSPS) is 12.1. The first-order valence-corrected chi connectivity index (χ1v) is 13.5. The first-order chi connectivity index (χ1) is 17.0. The molecule has 2 rings (SSSR count). The van der Waals surface area contributed by atoms with Gasteiger partial charge in [0, 0.05) is 32.1 Å². The fourth-order valence-electron chi connectivity index (χ4n) is 3.78. The monoisotopic (exact) mass is 525 g/mol. The molecule has 1 atom stereocenters. The number of amides is 2. The van der Waals surface area contributed by atoms with Crippen molar-refractivity contribution in [2.45, 2.75) is 45.7 Å². The van der Waals surface area contributed by atoms with Crippen molar-refractivity contribution in [2.24, 2.45) is 0 Å². The molecular weight excluding hydrogens is 492 g/mol. The lowest BCUT2D eigenvalue weighted by atomic mass is 10.1.